The van der Waals surface area contributed by atoms with Gasteiger partial charge in [-0.2, -0.15) is 0 Å². The molecule has 0 aliphatic rings. The van der Waals surface area contributed by atoms with Crippen LogP contribution in [0.25, 0.3) is 11.4 Å². The molecule has 0 atom stereocenters. The minimum absolute atomic E-state index is 0.120. The Hall–Kier alpha value is -2.31. The normalized spacial score (nSPS) is 11.3. The molecule has 2 aromatic rings. The molecule has 0 unspecified atom stereocenters. The van der Waals surface area contributed by atoms with E-state index < -0.39 is 11.9 Å². The van der Waals surface area contributed by atoms with Crippen molar-refractivity contribution in [1.82, 2.24) is 9.71 Å². The van der Waals surface area contributed by atoms with Crippen molar-refractivity contribution in [2.75, 3.05) is 0 Å². The second kappa shape index (κ2) is 4.52. The van der Waals surface area contributed by atoms with E-state index in [-0.39, 0.29) is 10.6 Å². The van der Waals surface area contributed by atoms with Gasteiger partial charge < -0.3 is 4.84 Å². The predicted octanol–water partition coefficient (Wildman–Crippen LogP) is 1.86. The summed E-state index contributed by atoms with van der Waals surface area (Å²) in [5.74, 6) is -0.208. The van der Waals surface area contributed by atoms with Crippen LogP contribution in [0.15, 0.2) is 47.4 Å². The highest BCUT2D eigenvalue weighted by Crippen LogP contribution is 2.17. The van der Waals surface area contributed by atoms with Crippen molar-refractivity contribution in [3.63, 3.8) is 0 Å². The summed E-state index contributed by atoms with van der Waals surface area (Å²) in [5.41, 5.74) is -0.597. The molecule has 0 spiro atoms. The van der Waals surface area contributed by atoms with Crippen LogP contribution in [0.1, 0.15) is 0 Å². The van der Waals surface area contributed by atoms with Gasteiger partial charge in [0.25, 0.3) is 5.56 Å². The Morgan fingerprint density at radius 1 is 1.11 bits per heavy atom. The third-order valence-corrected chi connectivity index (χ3v) is 2.03. The van der Waals surface area contributed by atoms with Gasteiger partial charge in [-0.05, 0) is 0 Å². The number of alkyl halides is 3. The Morgan fingerprint density at radius 3 is 2.39 bits per heavy atom. The van der Waals surface area contributed by atoms with Gasteiger partial charge in [-0.1, -0.05) is 30.3 Å². The molecule has 2 rings (SSSR count). The molecule has 0 radical (unpaired) electrons. The number of aromatic nitrogens is 2. The molecule has 1 aromatic heterocycles. The standard InChI is InChI=1S/C11H7F3N2O2/c12-11(13,14)18-16-9(17)6-7-15-10(16)8-4-2-1-3-5-8/h1-7H. The monoisotopic (exact) mass is 256 g/mol. The van der Waals surface area contributed by atoms with Crippen LogP contribution in [0.3, 0.4) is 0 Å². The maximum absolute atomic E-state index is 12.2. The zero-order chi connectivity index (χ0) is 13.2. The summed E-state index contributed by atoms with van der Waals surface area (Å²) in [6.45, 7) is 0. The van der Waals surface area contributed by atoms with E-state index in [0.29, 0.717) is 5.56 Å². The summed E-state index contributed by atoms with van der Waals surface area (Å²) in [6, 6.07) is 8.87. The van der Waals surface area contributed by atoms with Crippen LogP contribution in [0, 0.1) is 0 Å². The number of rotatable bonds is 2. The first kappa shape index (κ1) is 12.2. The van der Waals surface area contributed by atoms with Crippen LogP contribution in [-0.2, 0) is 0 Å². The summed E-state index contributed by atoms with van der Waals surface area (Å²) in [7, 11) is 0. The maximum atomic E-state index is 12.2. The topological polar surface area (TPSA) is 44.1 Å². The van der Waals surface area contributed by atoms with Crippen LogP contribution in [-0.4, -0.2) is 16.1 Å². The average molecular weight is 256 g/mol. The van der Waals surface area contributed by atoms with Crippen molar-refractivity contribution in [2.45, 2.75) is 6.36 Å². The first-order chi connectivity index (χ1) is 8.47. The van der Waals surface area contributed by atoms with Gasteiger partial charge in [0.1, 0.15) is 0 Å². The Bertz CT molecular complexity index is 593. The molecule has 4 nitrogen and oxygen atoms in total. The van der Waals surface area contributed by atoms with Gasteiger partial charge in [0.05, 0.1) is 0 Å². The van der Waals surface area contributed by atoms with E-state index in [0.717, 1.165) is 12.3 Å². The van der Waals surface area contributed by atoms with E-state index in [1.807, 2.05) is 0 Å². The fourth-order valence-electron chi connectivity index (χ4n) is 1.37. The molecule has 0 saturated heterocycles. The van der Waals surface area contributed by atoms with E-state index >= 15 is 0 Å². The summed E-state index contributed by atoms with van der Waals surface area (Å²) in [6.07, 6.45) is -3.84. The van der Waals surface area contributed by atoms with Gasteiger partial charge in [-0.3, -0.25) is 4.79 Å². The molecule has 18 heavy (non-hydrogen) atoms. The van der Waals surface area contributed by atoms with Gasteiger partial charge in [0.2, 0.25) is 0 Å². The Morgan fingerprint density at radius 2 is 1.78 bits per heavy atom. The van der Waals surface area contributed by atoms with E-state index in [2.05, 4.69) is 9.82 Å². The van der Waals surface area contributed by atoms with E-state index in [9.17, 15) is 18.0 Å². The molecule has 94 valence electrons. The number of nitrogens with zero attached hydrogens (tertiary/aromatic N) is 2. The molecule has 0 aliphatic heterocycles. The van der Waals surface area contributed by atoms with Gasteiger partial charge in [0, 0.05) is 17.8 Å². The van der Waals surface area contributed by atoms with Crippen LogP contribution < -0.4 is 10.4 Å². The van der Waals surface area contributed by atoms with E-state index in [1.165, 1.54) is 12.1 Å². The first-order valence-corrected chi connectivity index (χ1v) is 4.87. The molecule has 1 heterocycles. The molecule has 0 saturated carbocycles. The highest BCUT2D eigenvalue weighted by molar-refractivity contribution is 5.54. The second-order valence-electron chi connectivity index (χ2n) is 3.30. The van der Waals surface area contributed by atoms with Gasteiger partial charge in [0.15, 0.2) is 5.82 Å². The molecule has 0 N–H and O–H groups in total. The Balaban J connectivity index is 2.55. The quantitative estimate of drug-likeness (QED) is 0.823. The van der Waals surface area contributed by atoms with Gasteiger partial charge >= 0.3 is 6.36 Å². The van der Waals surface area contributed by atoms with Crippen molar-refractivity contribution < 1.29 is 18.0 Å². The summed E-state index contributed by atoms with van der Waals surface area (Å²) in [4.78, 5) is 18.8. The Kier molecular flexibility index (Phi) is 3.05. The summed E-state index contributed by atoms with van der Waals surface area (Å²) < 4.78 is 36.7. The largest absolute Gasteiger partial charge is 0.591 e. The van der Waals surface area contributed by atoms with Crippen molar-refractivity contribution in [1.29, 1.82) is 0 Å². The van der Waals surface area contributed by atoms with Gasteiger partial charge in [-0.25, -0.2) is 4.98 Å². The smallest absolute Gasteiger partial charge is 0.308 e. The summed E-state index contributed by atoms with van der Waals surface area (Å²) >= 11 is 0. The molecule has 1 aromatic carbocycles. The van der Waals surface area contributed by atoms with E-state index in [4.69, 9.17) is 0 Å². The number of hydrogen-bond acceptors (Lipinski definition) is 3. The molecule has 7 heteroatoms. The highest BCUT2D eigenvalue weighted by Gasteiger charge is 2.33. The minimum Gasteiger partial charge on any atom is -0.308 e. The highest BCUT2D eigenvalue weighted by atomic mass is 19.4. The van der Waals surface area contributed by atoms with Crippen LogP contribution in [0.2, 0.25) is 0 Å². The number of hydrogen-bond donors (Lipinski definition) is 0. The molecular formula is C11H7F3N2O2. The molecular weight excluding hydrogens is 249 g/mol. The molecule has 0 aliphatic carbocycles. The van der Waals surface area contributed by atoms with Crippen LogP contribution >= 0.6 is 0 Å². The lowest BCUT2D eigenvalue weighted by molar-refractivity contribution is -0.324. The first-order valence-electron chi connectivity index (χ1n) is 4.87. The minimum atomic E-state index is -4.96. The zero-order valence-electron chi connectivity index (χ0n) is 8.89. The zero-order valence-corrected chi connectivity index (χ0v) is 8.89. The fraction of sp³-hybridized carbons (Fsp3) is 0.0909. The number of benzene rings is 1. The average Bonchev–Trinajstić information content (AvgIpc) is 2.31. The lowest BCUT2D eigenvalue weighted by Gasteiger charge is -2.13. The van der Waals surface area contributed by atoms with Crippen molar-refractivity contribution in [3.8, 4) is 11.4 Å². The number of halogens is 3. The lowest BCUT2D eigenvalue weighted by atomic mass is 10.2. The van der Waals surface area contributed by atoms with Gasteiger partial charge in [-0.15, -0.1) is 17.9 Å². The third-order valence-electron chi connectivity index (χ3n) is 2.03. The van der Waals surface area contributed by atoms with Crippen LogP contribution in [0.5, 0.6) is 0 Å². The SMILES string of the molecule is O=c1ccnc(-c2ccccc2)n1OC(F)(F)F. The molecule has 0 amide bonds. The van der Waals surface area contributed by atoms with Crippen molar-refractivity contribution >= 4 is 0 Å². The molecule has 0 bridgehead atoms. The predicted molar refractivity (Wildman–Crippen MR) is 56.6 cm³/mol. The van der Waals surface area contributed by atoms with Crippen LogP contribution in [0.4, 0.5) is 13.2 Å². The fourth-order valence-corrected chi connectivity index (χ4v) is 1.37. The third kappa shape index (κ3) is 2.68. The Labute approximate surface area is 99.2 Å². The van der Waals surface area contributed by atoms with Crippen molar-refractivity contribution in [3.05, 3.63) is 52.9 Å². The van der Waals surface area contributed by atoms with E-state index in [1.54, 1.807) is 18.2 Å². The molecule has 0 fully saturated rings. The summed E-state index contributed by atoms with van der Waals surface area (Å²) in [5, 5.41) is 0. The maximum Gasteiger partial charge on any atom is 0.591 e. The second-order valence-corrected chi connectivity index (χ2v) is 3.30. The lowest BCUT2D eigenvalue weighted by Crippen LogP contribution is -2.36. The van der Waals surface area contributed by atoms with Crippen molar-refractivity contribution in [2.24, 2.45) is 0 Å².